The van der Waals surface area contributed by atoms with Gasteiger partial charge in [0.15, 0.2) is 0 Å². The highest BCUT2D eigenvalue weighted by Crippen LogP contribution is 2.43. The lowest BCUT2D eigenvalue weighted by atomic mass is 9.70. The fourth-order valence-corrected chi connectivity index (χ4v) is 3.00. The Morgan fingerprint density at radius 1 is 1.29 bits per heavy atom. The van der Waals surface area contributed by atoms with Crippen molar-refractivity contribution in [2.24, 2.45) is 5.41 Å². The van der Waals surface area contributed by atoms with E-state index in [1.807, 2.05) is 0 Å². The van der Waals surface area contributed by atoms with Gasteiger partial charge in [-0.15, -0.1) is 0 Å². The van der Waals surface area contributed by atoms with E-state index in [9.17, 15) is 4.79 Å². The molecule has 4 nitrogen and oxygen atoms in total. The minimum atomic E-state index is -0.0416. The Bertz CT molecular complexity index is 497. The van der Waals surface area contributed by atoms with Crippen molar-refractivity contribution in [3.05, 3.63) is 35.4 Å². The highest BCUT2D eigenvalue weighted by molar-refractivity contribution is 5.73. The molecule has 0 heterocycles. The molecule has 0 saturated carbocycles. The van der Waals surface area contributed by atoms with Crippen LogP contribution in [0.4, 0.5) is 4.79 Å². The number of hydrogen-bond acceptors (Lipinski definition) is 2. The molecule has 2 rings (SSSR count). The quantitative estimate of drug-likeness (QED) is 0.837. The van der Waals surface area contributed by atoms with E-state index in [0.717, 1.165) is 13.0 Å². The van der Waals surface area contributed by atoms with E-state index in [4.69, 9.17) is 0 Å². The summed E-state index contributed by atoms with van der Waals surface area (Å²) < 4.78 is 0. The molecule has 0 saturated heterocycles. The number of nitrogens with zero attached hydrogens (tertiary/aromatic N) is 1. The van der Waals surface area contributed by atoms with Gasteiger partial charge >= 0.3 is 6.03 Å². The van der Waals surface area contributed by atoms with E-state index >= 15 is 0 Å². The smallest absolute Gasteiger partial charge is 0.316 e. The summed E-state index contributed by atoms with van der Waals surface area (Å²) in [6.45, 7) is 6.06. The van der Waals surface area contributed by atoms with E-state index in [-0.39, 0.29) is 11.4 Å². The van der Waals surface area contributed by atoms with Gasteiger partial charge in [-0.1, -0.05) is 38.1 Å². The number of benzene rings is 1. The molecular weight excluding hydrogens is 262 g/mol. The molecule has 0 aliphatic heterocycles. The summed E-state index contributed by atoms with van der Waals surface area (Å²) in [6, 6.07) is 8.99. The standard InChI is InChI=1S/C17H27N3O/c1-17(2)10-9-13-7-5-6-8-14(13)15(17)18-11-12-19-16(21)20(3)4/h5-8,15,18H,9-12H2,1-4H3,(H,19,21). The van der Waals surface area contributed by atoms with Crippen molar-refractivity contribution >= 4 is 6.03 Å². The van der Waals surface area contributed by atoms with Gasteiger partial charge in [0.25, 0.3) is 0 Å². The molecule has 1 aliphatic carbocycles. The highest BCUT2D eigenvalue weighted by atomic mass is 16.2. The summed E-state index contributed by atoms with van der Waals surface area (Å²) in [7, 11) is 3.51. The monoisotopic (exact) mass is 289 g/mol. The average Bonchev–Trinajstić information content (AvgIpc) is 2.44. The lowest BCUT2D eigenvalue weighted by Gasteiger charge is -2.40. The molecule has 0 bridgehead atoms. The molecule has 2 amide bonds. The second-order valence-corrected chi connectivity index (χ2v) is 6.70. The maximum absolute atomic E-state index is 11.5. The molecule has 1 atom stereocenters. The number of aryl methyl sites for hydroxylation is 1. The van der Waals surface area contributed by atoms with Crippen molar-refractivity contribution in [3.63, 3.8) is 0 Å². The van der Waals surface area contributed by atoms with E-state index in [1.54, 1.807) is 19.0 Å². The normalized spacial score (nSPS) is 19.7. The van der Waals surface area contributed by atoms with Gasteiger partial charge < -0.3 is 15.5 Å². The number of nitrogens with one attached hydrogen (secondary N) is 2. The van der Waals surface area contributed by atoms with Crippen LogP contribution in [0.5, 0.6) is 0 Å². The van der Waals surface area contributed by atoms with Gasteiger partial charge in [-0.05, 0) is 29.4 Å². The Morgan fingerprint density at radius 2 is 2.00 bits per heavy atom. The van der Waals surface area contributed by atoms with Gasteiger partial charge in [-0.2, -0.15) is 0 Å². The van der Waals surface area contributed by atoms with E-state index < -0.39 is 0 Å². The number of urea groups is 1. The molecule has 1 aliphatic rings. The van der Waals surface area contributed by atoms with E-state index in [0.29, 0.717) is 12.6 Å². The zero-order chi connectivity index (χ0) is 15.5. The molecule has 1 aromatic carbocycles. The lowest BCUT2D eigenvalue weighted by molar-refractivity contribution is 0.205. The van der Waals surface area contributed by atoms with Crippen molar-refractivity contribution in [3.8, 4) is 0 Å². The molecule has 0 spiro atoms. The Hall–Kier alpha value is -1.55. The SMILES string of the molecule is CN(C)C(=O)NCCNC1c2ccccc2CCC1(C)C. The van der Waals surface area contributed by atoms with Crippen LogP contribution < -0.4 is 10.6 Å². The summed E-state index contributed by atoms with van der Waals surface area (Å²) in [6.07, 6.45) is 2.34. The van der Waals surface area contributed by atoms with Gasteiger partial charge in [0, 0.05) is 33.2 Å². The summed E-state index contributed by atoms with van der Waals surface area (Å²) >= 11 is 0. The lowest BCUT2D eigenvalue weighted by Crippen LogP contribution is -2.43. The highest BCUT2D eigenvalue weighted by Gasteiger charge is 2.35. The first-order valence-corrected chi connectivity index (χ1v) is 7.68. The Morgan fingerprint density at radius 3 is 2.71 bits per heavy atom. The molecule has 21 heavy (non-hydrogen) atoms. The summed E-state index contributed by atoms with van der Waals surface area (Å²) in [5.41, 5.74) is 3.10. The van der Waals surface area contributed by atoms with Crippen LogP contribution in [0.15, 0.2) is 24.3 Å². The number of carbonyl (C=O) groups is 1. The molecule has 0 fully saturated rings. The first-order valence-electron chi connectivity index (χ1n) is 7.68. The molecule has 1 aromatic rings. The van der Waals surface area contributed by atoms with Gasteiger partial charge in [0.1, 0.15) is 0 Å². The van der Waals surface area contributed by atoms with Gasteiger partial charge in [0.2, 0.25) is 0 Å². The summed E-state index contributed by atoms with van der Waals surface area (Å²) in [4.78, 5) is 13.1. The largest absolute Gasteiger partial charge is 0.337 e. The molecule has 0 aromatic heterocycles. The Kier molecular flexibility index (Phi) is 4.88. The third-order valence-electron chi connectivity index (χ3n) is 4.34. The Balaban J connectivity index is 1.96. The fraction of sp³-hybridized carbons (Fsp3) is 0.588. The van der Waals surface area contributed by atoms with Crippen LogP contribution in [0, 0.1) is 5.41 Å². The molecular formula is C17H27N3O. The van der Waals surface area contributed by atoms with Crippen LogP contribution in [0.2, 0.25) is 0 Å². The van der Waals surface area contributed by atoms with Crippen LogP contribution >= 0.6 is 0 Å². The first kappa shape index (κ1) is 15.8. The maximum Gasteiger partial charge on any atom is 0.316 e. The Labute approximate surface area is 127 Å². The first-order chi connectivity index (χ1) is 9.92. The van der Waals surface area contributed by atoms with Gasteiger partial charge in [0.05, 0.1) is 0 Å². The second kappa shape index (κ2) is 6.48. The third-order valence-corrected chi connectivity index (χ3v) is 4.34. The number of carbonyl (C=O) groups excluding carboxylic acids is 1. The summed E-state index contributed by atoms with van der Waals surface area (Å²) in [5, 5.41) is 6.53. The topological polar surface area (TPSA) is 44.4 Å². The number of fused-ring (bicyclic) bond motifs is 1. The third kappa shape index (κ3) is 3.76. The van der Waals surface area contributed by atoms with Crippen molar-refractivity contribution in [1.82, 2.24) is 15.5 Å². The van der Waals surface area contributed by atoms with Crippen LogP contribution in [-0.2, 0) is 6.42 Å². The molecule has 4 heteroatoms. The van der Waals surface area contributed by atoms with Crippen molar-refractivity contribution < 1.29 is 4.79 Å². The van der Waals surface area contributed by atoms with E-state index in [1.165, 1.54) is 17.5 Å². The molecule has 1 unspecified atom stereocenters. The van der Waals surface area contributed by atoms with Gasteiger partial charge in [-0.25, -0.2) is 4.79 Å². The zero-order valence-electron chi connectivity index (χ0n) is 13.6. The van der Waals surface area contributed by atoms with Crippen molar-refractivity contribution in [2.75, 3.05) is 27.2 Å². The fourth-order valence-electron chi connectivity index (χ4n) is 3.00. The maximum atomic E-state index is 11.5. The van der Waals surface area contributed by atoms with E-state index in [2.05, 4.69) is 48.7 Å². The van der Waals surface area contributed by atoms with Crippen molar-refractivity contribution in [1.29, 1.82) is 0 Å². The number of rotatable bonds is 4. The summed E-state index contributed by atoms with van der Waals surface area (Å²) in [5.74, 6) is 0. The second-order valence-electron chi connectivity index (χ2n) is 6.70. The zero-order valence-corrected chi connectivity index (χ0v) is 13.6. The molecule has 2 N–H and O–H groups in total. The van der Waals surface area contributed by atoms with Crippen LogP contribution in [0.25, 0.3) is 0 Å². The number of amides is 2. The van der Waals surface area contributed by atoms with Crippen LogP contribution in [-0.4, -0.2) is 38.1 Å². The van der Waals surface area contributed by atoms with Crippen LogP contribution in [0.3, 0.4) is 0 Å². The van der Waals surface area contributed by atoms with Crippen molar-refractivity contribution in [2.45, 2.75) is 32.7 Å². The number of hydrogen-bond donors (Lipinski definition) is 2. The average molecular weight is 289 g/mol. The minimum Gasteiger partial charge on any atom is -0.337 e. The minimum absolute atomic E-state index is 0.0416. The molecule has 0 radical (unpaired) electrons. The predicted molar refractivity (Wildman–Crippen MR) is 86.4 cm³/mol. The van der Waals surface area contributed by atoms with Gasteiger partial charge in [-0.3, -0.25) is 0 Å². The molecule has 116 valence electrons. The predicted octanol–water partition coefficient (Wildman–Crippen LogP) is 2.56. The van der Waals surface area contributed by atoms with Crippen LogP contribution in [0.1, 0.15) is 37.4 Å².